The first-order valence-electron chi connectivity index (χ1n) is 50.4. The molecule has 0 saturated carbocycles. The first kappa shape index (κ1) is 35.6. The third-order valence-electron chi connectivity index (χ3n) is 13.9. The van der Waals surface area contributed by atoms with E-state index >= 15 is 9.59 Å². The minimum Gasteiger partial charge on any atom is -0.336 e. The van der Waals surface area contributed by atoms with Crippen LogP contribution in [-0.2, 0) is 65.9 Å². The Bertz CT molecular complexity index is 6140. The molecule has 0 bridgehead atoms. The summed E-state index contributed by atoms with van der Waals surface area (Å²) in [4.78, 5) is 63.6. The van der Waals surface area contributed by atoms with Crippen molar-refractivity contribution >= 4 is 35.3 Å². The van der Waals surface area contributed by atoms with Crippen LogP contribution in [0, 0.1) is 23.4 Å². The lowest BCUT2D eigenvalue weighted by Gasteiger charge is -2.32. The molecule has 22 heteroatoms. The Morgan fingerprint density at radius 3 is 1.78 bits per heavy atom. The number of aromatic nitrogens is 4. The molecule has 2 aromatic heterocycles. The van der Waals surface area contributed by atoms with Crippen molar-refractivity contribution in [3.05, 3.63) is 220 Å². The van der Waals surface area contributed by atoms with Crippen LogP contribution < -0.4 is 11.1 Å². The van der Waals surface area contributed by atoms with Crippen LogP contribution in [0.5, 0.6) is 0 Å². The van der Waals surface area contributed by atoms with Gasteiger partial charge in [0, 0.05) is 106 Å². The summed E-state index contributed by atoms with van der Waals surface area (Å²) in [5, 5.41) is -1.86. The first-order chi connectivity index (χ1) is 62.8. The zero-order chi connectivity index (χ0) is 108. The van der Waals surface area contributed by atoms with E-state index in [9.17, 15) is 59.8 Å². The number of benzene rings is 4. The van der Waals surface area contributed by atoms with Crippen molar-refractivity contribution in [1.82, 2.24) is 38.7 Å². The summed E-state index contributed by atoms with van der Waals surface area (Å²) in [5.74, 6) is -14.5. The molecular weight excluding hydrogens is 1290 g/mol. The Hall–Kier alpha value is -7.40. The van der Waals surface area contributed by atoms with E-state index in [0.717, 1.165) is 55.5 Å². The molecule has 4 aliphatic carbocycles. The van der Waals surface area contributed by atoms with Gasteiger partial charge in [-0.1, -0.05) is 155 Å². The summed E-state index contributed by atoms with van der Waals surface area (Å²) in [5.41, 5.74) is -13.4. The molecule has 0 spiro atoms. The Morgan fingerprint density at radius 1 is 0.660 bits per heavy atom. The number of hydrogen-bond acceptors (Lipinski definition) is 10. The van der Waals surface area contributed by atoms with Crippen molar-refractivity contribution in [3.8, 4) is 11.1 Å². The van der Waals surface area contributed by atoms with E-state index in [1.807, 2.05) is 0 Å². The molecule has 4 aromatic carbocycles. The Balaban J connectivity index is 0.000000313. The molecule has 0 aliphatic heterocycles. The van der Waals surface area contributed by atoms with Crippen molar-refractivity contribution in [1.29, 1.82) is 0 Å². The zero-order valence-corrected chi connectivity index (χ0v) is 53.6. The van der Waals surface area contributed by atoms with Gasteiger partial charge in [-0.2, -0.15) is 36.3 Å². The number of rotatable bonds is 26. The molecule has 6 unspecified atom stereocenters. The molecule has 2 amide bonds. The third kappa shape index (κ3) is 19.3. The second kappa shape index (κ2) is 33.4. The van der Waals surface area contributed by atoms with Gasteiger partial charge in [-0.25, -0.2) is 8.78 Å². The quantitative estimate of drug-likeness (QED) is 0.0295. The fourth-order valence-electron chi connectivity index (χ4n) is 9.23. The highest BCUT2D eigenvalue weighted by molar-refractivity contribution is 7.98. The minimum atomic E-state index is -5.22. The number of hydrogen-bond donors (Lipinski definition) is 0. The topological polar surface area (TPSA) is 117 Å². The van der Waals surface area contributed by atoms with Gasteiger partial charge in [0.15, 0.2) is 10.3 Å². The second-order valence-electron chi connectivity index (χ2n) is 20.4. The van der Waals surface area contributed by atoms with Crippen LogP contribution in [0.1, 0.15) is 184 Å². The van der Waals surface area contributed by atoms with Gasteiger partial charge in [-0.3, -0.25) is 19.2 Å². The van der Waals surface area contributed by atoms with Gasteiger partial charge >= 0.3 is 12.4 Å². The number of allylic oxidation sites excluding steroid dienone is 7. The smallest absolute Gasteiger partial charge is 0.336 e. The number of nitrogens with zero attached hydrogens (tertiary/aromatic N) is 8. The van der Waals surface area contributed by atoms with Crippen molar-refractivity contribution in [2.45, 2.75) is 153 Å². The standard InChI is InChI=1S/C38H46F4N4O2S.C37H40F4N4O2S/c1-5-44(6-2)20-21-45(23-27-10-14-29(15-11-27)30-16-19-33(25(3)22-30)38(40,41)42)36(48)26(4)46-34-9-7-8-32(34)35(47)43-37(46)49-24-28-12-17-31(39)18-13-28;1-4-43(5-2)18-19-44(22-26-6-10-28(11-7-26)29-12-14-30(15-13-29)37(39,40)41)34(46)23-45-33-21-25(3)20-32(33)35(47)42-36(45)48-24-27-8-16-31(38)17-9-27/h10,12-14,16-19,25-26H,5-9,11,15,20-24H2,1-4H3;6-17,25H,4-5,18-24H2,1-3H3/i5D2,6D2,10D,11D,12D,13D,14D,15D,16D,17D,18D,19D,20D2,21D2,22D,23D2,26D;4D2,5D2,8D,9D,16D,17D,18D2,19D2,20D2,21D2,22D2,23D2,25D. The van der Waals surface area contributed by atoms with E-state index in [4.69, 9.17) is 43.9 Å². The van der Waals surface area contributed by atoms with E-state index in [1.165, 1.54) is 0 Å². The van der Waals surface area contributed by atoms with Gasteiger partial charge < -0.3 is 28.7 Å². The molecule has 10 rings (SSSR count). The summed E-state index contributed by atoms with van der Waals surface area (Å²) < 4.78 is 488. The van der Waals surface area contributed by atoms with Crippen LogP contribution >= 0.6 is 23.5 Å². The number of carbonyl (C=O) groups is 2. The van der Waals surface area contributed by atoms with Crippen LogP contribution in [0.25, 0.3) is 11.1 Å². The lowest BCUT2D eigenvalue weighted by atomic mass is 9.82. The van der Waals surface area contributed by atoms with Gasteiger partial charge in [-0.05, 0) is 171 Å². The van der Waals surface area contributed by atoms with Gasteiger partial charge in [0.05, 0.1) is 37.1 Å². The molecule has 6 aromatic rings. The SMILES string of the molecule is [2H]C1=C(C2=C([2H])C([2H])=C(C(F)(F)F)C(C)C2[2H])C([2H])C([2H])C(C([2H])([2H])N(C(=O)C([2H])(C)n2c(SCc3c([2H])c([2H])c(F)c([2H])c3[2H])nc(=O)c3c2CCC3)C([2H])([2H])C([2H])([2H])N(C([2H])([2H])C)C([2H])([2H])C)=C1[2H].[2H]c1c([2H])c(CSc2nc(=O)c3c(n2C([2H])([2H])C(=O)N(C([2H])([2H])c2ccc(-c4ccc(C(F)(F)F)cc4)cc2)C([2H])([2H])C([2H])([2H])N(C([2H])([2H])C)C([2H])([2H])C)C([2H])([2H])C([2H])(C)C3([2H])[2H])c([2H])c([2H])c1F. The van der Waals surface area contributed by atoms with E-state index in [0.29, 0.717) is 57.9 Å². The summed E-state index contributed by atoms with van der Waals surface area (Å²) >= 11 is 0.439. The summed E-state index contributed by atoms with van der Waals surface area (Å²) in [6.45, 7) is -38.5. The second-order valence-corrected chi connectivity index (χ2v) is 22.3. The summed E-state index contributed by atoms with van der Waals surface area (Å²) in [6, 6.07) is -9.87. The molecule has 4 aliphatic rings. The number of likely N-dealkylation sites (N-methyl/N-ethyl adjacent to an activating group) is 2. The van der Waals surface area contributed by atoms with Gasteiger partial charge in [0.1, 0.15) is 24.1 Å². The van der Waals surface area contributed by atoms with Gasteiger partial charge in [-0.15, -0.1) is 0 Å². The average molecular weight is 1420 g/mol. The average Bonchev–Trinajstić information content (AvgIpc) is 1.49. The van der Waals surface area contributed by atoms with Crippen molar-refractivity contribution in [3.63, 3.8) is 0 Å². The molecule has 0 fully saturated rings. The van der Waals surface area contributed by atoms with Crippen LogP contribution in [0.4, 0.5) is 35.1 Å². The number of fused-ring (bicyclic) bond motifs is 2. The molecule has 97 heavy (non-hydrogen) atoms. The molecule has 2 heterocycles. The summed E-state index contributed by atoms with van der Waals surface area (Å²) in [7, 11) is 0. The number of amides is 2. The lowest BCUT2D eigenvalue weighted by Crippen LogP contribution is -2.43. The van der Waals surface area contributed by atoms with Gasteiger partial charge in [0.25, 0.3) is 11.1 Å². The fraction of sp³-hybridized carbons (Fsp3) is 0.440. The van der Waals surface area contributed by atoms with Crippen molar-refractivity contribution < 1.29 is 104 Å². The first-order valence-corrected chi connectivity index (χ1v) is 30.7. The highest BCUT2D eigenvalue weighted by Gasteiger charge is 2.39. The minimum absolute atomic E-state index is 0.0303. The molecular formula is C75H86F8N8O4S2. The largest absolute Gasteiger partial charge is 0.416 e. The fourth-order valence-corrected chi connectivity index (χ4v) is 11.0. The van der Waals surface area contributed by atoms with Gasteiger partial charge in [0.2, 0.25) is 11.8 Å². The van der Waals surface area contributed by atoms with Crippen LogP contribution in [0.3, 0.4) is 0 Å². The van der Waals surface area contributed by atoms with E-state index in [-0.39, 0.29) is 67.8 Å². The Kier molecular flexibility index (Phi) is 12.3. The molecule has 0 saturated heterocycles. The number of carbonyl (C=O) groups excluding carboxylic acids is 2. The lowest BCUT2D eigenvalue weighted by molar-refractivity contribution is -0.137. The predicted molar refractivity (Wildman–Crippen MR) is 368 cm³/mol. The van der Waals surface area contributed by atoms with Crippen molar-refractivity contribution in [2.75, 3.05) is 58.5 Å². The molecule has 0 N–H and O–H groups in total. The van der Waals surface area contributed by atoms with E-state index in [2.05, 4.69) is 9.97 Å². The highest BCUT2D eigenvalue weighted by Crippen LogP contribution is 2.41. The third-order valence-corrected chi connectivity index (χ3v) is 15.9. The molecule has 12 nitrogen and oxygen atoms in total. The monoisotopic (exact) mass is 1420 g/mol. The van der Waals surface area contributed by atoms with E-state index < -0.39 is 328 Å². The normalized spacial score (nSPS) is 29.3. The highest BCUT2D eigenvalue weighted by atomic mass is 32.2. The number of alkyl halides is 6. The van der Waals surface area contributed by atoms with Crippen molar-refractivity contribution in [2.24, 2.45) is 11.8 Å². The van der Waals surface area contributed by atoms with E-state index in [1.54, 1.807) is 0 Å². The Labute approximate surface area is 632 Å². The maximum Gasteiger partial charge on any atom is 0.416 e. The van der Waals surface area contributed by atoms with Crippen LogP contribution in [0.2, 0.25) is 0 Å². The summed E-state index contributed by atoms with van der Waals surface area (Å²) in [6.07, 6.45) is -24.3. The molecule has 0 radical (unpaired) electrons. The van der Waals surface area contributed by atoms with Crippen LogP contribution in [-0.4, -0.2) is 115 Å². The number of halogens is 8. The maximum atomic E-state index is 15.5. The predicted octanol–water partition coefficient (Wildman–Crippen LogP) is 15.5. The maximum absolute atomic E-state index is 15.5. The molecule has 6 atom stereocenters. The zero-order valence-electron chi connectivity index (χ0n) is 95.0. The van der Waals surface area contributed by atoms with Crippen LogP contribution in [0.15, 0.2) is 163 Å². The molecule has 518 valence electrons. The number of thioether (sulfide) groups is 2. The Morgan fingerprint density at radius 2 is 1.21 bits per heavy atom.